The quantitative estimate of drug-likeness (QED) is 0.853. The molecule has 1 aliphatic heterocycles. The van der Waals surface area contributed by atoms with Crippen LogP contribution in [-0.4, -0.2) is 32.7 Å². The van der Waals surface area contributed by atoms with Gasteiger partial charge in [-0.1, -0.05) is 25.9 Å². The van der Waals surface area contributed by atoms with Crippen LogP contribution in [0, 0.1) is 12.8 Å². The van der Waals surface area contributed by atoms with Crippen LogP contribution in [0.1, 0.15) is 50.6 Å². The Labute approximate surface area is 148 Å². The maximum absolute atomic E-state index is 12.4. The van der Waals surface area contributed by atoms with Crippen molar-refractivity contribution < 1.29 is 4.52 Å². The van der Waals surface area contributed by atoms with Gasteiger partial charge in [0.05, 0.1) is 18.2 Å². The van der Waals surface area contributed by atoms with E-state index in [1.165, 1.54) is 0 Å². The molecule has 0 amide bonds. The summed E-state index contributed by atoms with van der Waals surface area (Å²) in [5.74, 6) is 1.43. The number of nitrogens with zero attached hydrogens (tertiary/aromatic N) is 4. The minimum Gasteiger partial charge on any atom is -0.361 e. The first kappa shape index (κ1) is 17.9. The summed E-state index contributed by atoms with van der Waals surface area (Å²) in [7, 11) is 0. The molecule has 6 heteroatoms. The first-order valence-electron chi connectivity index (χ1n) is 9.02. The van der Waals surface area contributed by atoms with Gasteiger partial charge in [-0.25, -0.2) is 4.98 Å². The molecule has 136 valence electrons. The van der Waals surface area contributed by atoms with E-state index in [9.17, 15) is 4.79 Å². The fourth-order valence-corrected chi connectivity index (χ4v) is 3.29. The summed E-state index contributed by atoms with van der Waals surface area (Å²) in [6.07, 6.45) is 5.72. The molecule has 25 heavy (non-hydrogen) atoms. The standard InChI is InChI=1S/C19H28N4O2/c1-14-16(10-21-25-14)12-22-7-5-15(6-8-22)11-23-13-20-17(9-18(23)24)19(2,3)4/h9-10,13,15H,5-8,11-12H2,1-4H3. The maximum atomic E-state index is 12.4. The molecular formula is C19H28N4O2. The van der Waals surface area contributed by atoms with E-state index >= 15 is 0 Å². The van der Waals surface area contributed by atoms with Gasteiger partial charge in [0.1, 0.15) is 5.76 Å². The summed E-state index contributed by atoms with van der Waals surface area (Å²) >= 11 is 0. The van der Waals surface area contributed by atoms with Crippen LogP contribution >= 0.6 is 0 Å². The Morgan fingerprint density at radius 2 is 2.00 bits per heavy atom. The number of piperidine rings is 1. The fraction of sp³-hybridized carbons (Fsp3) is 0.632. The SMILES string of the molecule is Cc1oncc1CN1CCC(Cn2cnc(C(C)(C)C)cc2=O)CC1. The first-order chi connectivity index (χ1) is 11.8. The number of aryl methyl sites for hydroxylation is 1. The predicted molar refractivity (Wildman–Crippen MR) is 96.4 cm³/mol. The van der Waals surface area contributed by atoms with Crippen molar-refractivity contribution in [3.8, 4) is 0 Å². The zero-order valence-corrected chi connectivity index (χ0v) is 15.7. The molecule has 0 bridgehead atoms. The molecule has 0 aliphatic carbocycles. The monoisotopic (exact) mass is 344 g/mol. The molecule has 1 fully saturated rings. The Bertz CT molecular complexity index is 764. The molecule has 0 unspecified atom stereocenters. The lowest BCUT2D eigenvalue weighted by Gasteiger charge is -2.32. The van der Waals surface area contributed by atoms with Crippen LogP contribution in [-0.2, 0) is 18.5 Å². The van der Waals surface area contributed by atoms with Crippen molar-refractivity contribution in [1.29, 1.82) is 0 Å². The van der Waals surface area contributed by atoms with Gasteiger partial charge in [0.2, 0.25) is 0 Å². The second-order valence-electron chi connectivity index (χ2n) is 8.14. The number of rotatable bonds is 4. The lowest BCUT2D eigenvalue weighted by Crippen LogP contribution is -2.36. The van der Waals surface area contributed by atoms with Gasteiger partial charge in [0.15, 0.2) is 0 Å². The summed E-state index contributed by atoms with van der Waals surface area (Å²) in [6.45, 7) is 11.9. The van der Waals surface area contributed by atoms with Crippen molar-refractivity contribution in [2.45, 2.75) is 59.0 Å². The van der Waals surface area contributed by atoms with E-state index in [2.05, 4.69) is 35.8 Å². The van der Waals surface area contributed by atoms with Gasteiger partial charge in [0.25, 0.3) is 5.56 Å². The lowest BCUT2D eigenvalue weighted by atomic mass is 9.92. The zero-order valence-electron chi connectivity index (χ0n) is 15.7. The molecule has 0 radical (unpaired) electrons. The molecule has 3 heterocycles. The van der Waals surface area contributed by atoms with E-state index in [1.54, 1.807) is 17.0 Å². The molecule has 1 aliphatic rings. The third kappa shape index (κ3) is 4.37. The van der Waals surface area contributed by atoms with Crippen molar-refractivity contribution in [3.63, 3.8) is 0 Å². The molecule has 0 atom stereocenters. The molecule has 0 N–H and O–H groups in total. The topological polar surface area (TPSA) is 64.2 Å². The van der Waals surface area contributed by atoms with Crippen LogP contribution in [0.3, 0.4) is 0 Å². The van der Waals surface area contributed by atoms with E-state index in [4.69, 9.17) is 4.52 Å². The van der Waals surface area contributed by atoms with E-state index < -0.39 is 0 Å². The van der Waals surface area contributed by atoms with Gasteiger partial charge in [-0.3, -0.25) is 14.3 Å². The van der Waals surface area contributed by atoms with Crippen LogP contribution in [0.5, 0.6) is 0 Å². The van der Waals surface area contributed by atoms with Crippen molar-refractivity contribution in [1.82, 2.24) is 19.6 Å². The van der Waals surface area contributed by atoms with Gasteiger partial charge in [-0.15, -0.1) is 0 Å². The Kier molecular flexibility index (Phi) is 5.08. The lowest BCUT2D eigenvalue weighted by molar-refractivity contribution is 0.165. The summed E-state index contributed by atoms with van der Waals surface area (Å²) in [5, 5.41) is 3.85. The van der Waals surface area contributed by atoms with Crippen LogP contribution in [0.15, 0.2) is 27.9 Å². The molecule has 0 aromatic carbocycles. The van der Waals surface area contributed by atoms with E-state index in [0.717, 1.165) is 56.0 Å². The molecule has 2 aromatic heterocycles. The van der Waals surface area contributed by atoms with Crippen molar-refractivity contribution in [3.05, 3.63) is 46.0 Å². The molecular weight excluding hydrogens is 316 g/mol. The number of likely N-dealkylation sites (tertiary alicyclic amines) is 1. The van der Waals surface area contributed by atoms with E-state index in [-0.39, 0.29) is 11.0 Å². The zero-order chi connectivity index (χ0) is 18.0. The third-order valence-corrected chi connectivity index (χ3v) is 5.05. The predicted octanol–water partition coefficient (Wildman–Crippen LogP) is 2.75. The van der Waals surface area contributed by atoms with Gasteiger partial charge >= 0.3 is 0 Å². The Hall–Kier alpha value is -1.95. The number of aromatic nitrogens is 3. The molecule has 0 saturated carbocycles. The fourth-order valence-electron chi connectivity index (χ4n) is 3.29. The van der Waals surface area contributed by atoms with Gasteiger partial charge in [-0.05, 0) is 38.8 Å². The highest BCUT2D eigenvalue weighted by molar-refractivity contribution is 5.11. The minimum atomic E-state index is -0.0936. The summed E-state index contributed by atoms with van der Waals surface area (Å²) in [4.78, 5) is 19.3. The average molecular weight is 344 g/mol. The van der Waals surface area contributed by atoms with E-state index in [0.29, 0.717) is 5.92 Å². The minimum absolute atomic E-state index is 0.0578. The average Bonchev–Trinajstić information content (AvgIpc) is 2.95. The second-order valence-corrected chi connectivity index (χ2v) is 8.14. The summed E-state index contributed by atoms with van der Waals surface area (Å²) in [6, 6.07) is 1.68. The largest absolute Gasteiger partial charge is 0.361 e. The highest BCUT2D eigenvalue weighted by Crippen LogP contribution is 2.22. The third-order valence-electron chi connectivity index (χ3n) is 5.05. The molecule has 1 saturated heterocycles. The van der Waals surface area contributed by atoms with Gasteiger partial charge in [-0.2, -0.15) is 0 Å². The summed E-state index contributed by atoms with van der Waals surface area (Å²) in [5.41, 5.74) is 1.98. The first-order valence-corrected chi connectivity index (χ1v) is 9.02. The highest BCUT2D eigenvalue weighted by Gasteiger charge is 2.22. The molecule has 0 spiro atoms. The number of hydrogen-bond donors (Lipinski definition) is 0. The molecule has 6 nitrogen and oxygen atoms in total. The highest BCUT2D eigenvalue weighted by atomic mass is 16.5. The van der Waals surface area contributed by atoms with Crippen molar-refractivity contribution in [2.24, 2.45) is 5.92 Å². The number of hydrogen-bond acceptors (Lipinski definition) is 5. The second kappa shape index (κ2) is 7.12. The maximum Gasteiger partial charge on any atom is 0.253 e. The Morgan fingerprint density at radius 1 is 1.28 bits per heavy atom. The Balaban J connectivity index is 1.56. The van der Waals surface area contributed by atoms with Gasteiger partial charge < -0.3 is 4.52 Å². The van der Waals surface area contributed by atoms with Gasteiger partial charge in [0, 0.05) is 30.1 Å². The van der Waals surface area contributed by atoms with Crippen LogP contribution in [0.4, 0.5) is 0 Å². The molecule has 2 aromatic rings. The van der Waals surface area contributed by atoms with Crippen molar-refractivity contribution in [2.75, 3.05) is 13.1 Å². The van der Waals surface area contributed by atoms with Crippen LogP contribution in [0.25, 0.3) is 0 Å². The van der Waals surface area contributed by atoms with Crippen molar-refractivity contribution >= 4 is 0 Å². The van der Waals surface area contributed by atoms with E-state index in [1.807, 2.05) is 13.1 Å². The Morgan fingerprint density at radius 3 is 2.56 bits per heavy atom. The smallest absolute Gasteiger partial charge is 0.253 e. The normalized spacial score (nSPS) is 17.1. The van der Waals surface area contributed by atoms with Crippen LogP contribution in [0.2, 0.25) is 0 Å². The summed E-state index contributed by atoms with van der Waals surface area (Å²) < 4.78 is 6.89. The van der Waals surface area contributed by atoms with Crippen LogP contribution < -0.4 is 5.56 Å². The molecule has 3 rings (SSSR count).